The van der Waals surface area contributed by atoms with Crippen molar-refractivity contribution in [2.45, 2.75) is 13.8 Å². The van der Waals surface area contributed by atoms with Gasteiger partial charge in [0.15, 0.2) is 0 Å². The van der Waals surface area contributed by atoms with E-state index in [2.05, 4.69) is 0 Å². The molecule has 0 radical (unpaired) electrons. The summed E-state index contributed by atoms with van der Waals surface area (Å²) in [5.74, 6) is -0.0362. The van der Waals surface area contributed by atoms with Crippen LogP contribution >= 0.6 is 11.6 Å². The average Bonchev–Trinajstić information content (AvgIpc) is 2.39. The first kappa shape index (κ1) is 14.1. The molecule has 1 heterocycles. The lowest BCUT2D eigenvalue weighted by molar-refractivity contribution is -0.129. The van der Waals surface area contributed by atoms with Crippen LogP contribution in [0.5, 0.6) is 0 Å². The van der Waals surface area contributed by atoms with E-state index in [0.717, 1.165) is 13.1 Å². The molecule has 0 atom stereocenters. The summed E-state index contributed by atoms with van der Waals surface area (Å²) >= 11 is 5.50. The van der Waals surface area contributed by atoms with Crippen LogP contribution in [0.25, 0.3) is 0 Å². The number of halogens is 1. The lowest BCUT2D eigenvalue weighted by atomic mass is 10.3. The zero-order chi connectivity index (χ0) is 12.8. The van der Waals surface area contributed by atoms with Gasteiger partial charge in [-0.25, -0.2) is 4.79 Å². The first-order valence-electron chi connectivity index (χ1n) is 6.01. The second-order valence-electron chi connectivity index (χ2n) is 3.96. The molecule has 0 aromatic heterocycles. The molecule has 0 saturated carbocycles. The first-order chi connectivity index (χ1) is 8.13. The minimum absolute atomic E-state index is 0.0178. The molecule has 0 aromatic carbocycles. The van der Waals surface area contributed by atoms with Gasteiger partial charge < -0.3 is 14.7 Å². The zero-order valence-electron chi connectivity index (χ0n) is 10.5. The lowest BCUT2D eigenvalue weighted by Gasteiger charge is -2.36. The molecule has 17 heavy (non-hydrogen) atoms. The smallest absolute Gasteiger partial charge is 0.320 e. The van der Waals surface area contributed by atoms with Gasteiger partial charge in [0.05, 0.1) is 0 Å². The summed E-state index contributed by atoms with van der Waals surface area (Å²) in [5, 5.41) is 0. The molecule has 1 aliphatic heterocycles. The lowest BCUT2D eigenvalue weighted by Crippen LogP contribution is -2.54. The molecule has 3 amide bonds. The van der Waals surface area contributed by atoms with Gasteiger partial charge in [-0.05, 0) is 13.8 Å². The minimum Gasteiger partial charge on any atom is -0.338 e. The number of carbonyl (C=O) groups excluding carboxylic acids is 2. The van der Waals surface area contributed by atoms with Gasteiger partial charge in [0.2, 0.25) is 5.91 Å². The summed E-state index contributed by atoms with van der Waals surface area (Å²) in [6.45, 7) is 7.72. The summed E-state index contributed by atoms with van der Waals surface area (Å²) in [6, 6.07) is 0.0629. The van der Waals surface area contributed by atoms with Crippen LogP contribution in [0.1, 0.15) is 13.8 Å². The maximum absolute atomic E-state index is 12.0. The van der Waals surface area contributed by atoms with E-state index >= 15 is 0 Å². The van der Waals surface area contributed by atoms with Crippen molar-refractivity contribution in [2.24, 2.45) is 0 Å². The molecule has 1 fully saturated rings. The Kier molecular flexibility index (Phi) is 5.55. The average molecular weight is 262 g/mol. The van der Waals surface area contributed by atoms with Gasteiger partial charge in [-0.1, -0.05) is 0 Å². The second-order valence-corrected chi connectivity index (χ2v) is 4.22. The van der Waals surface area contributed by atoms with Gasteiger partial charge in [-0.2, -0.15) is 0 Å². The van der Waals surface area contributed by atoms with Crippen LogP contribution in [0.4, 0.5) is 4.79 Å². The molecule has 1 saturated heterocycles. The molecule has 0 unspecified atom stereocenters. The predicted molar refractivity (Wildman–Crippen MR) is 67.2 cm³/mol. The third-order valence-corrected chi connectivity index (χ3v) is 3.28. The Labute approximate surface area is 107 Å². The van der Waals surface area contributed by atoms with Gasteiger partial charge >= 0.3 is 6.03 Å². The maximum atomic E-state index is 12.0. The van der Waals surface area contributed by atoms with Gasteiger partial charge in [0.25, 0.3) is 0 Å². The summed E-state index contributed by atoms with van der Waals surface area (Å²) in [4.78, 5) is 28.7. The monoisotopic (exact) mass is 261 g/mol. The van der Waals surface area contributed by atoms with Crippen molar-refractivity contribution in [1.29, 1.82) is 0 Å². The summed E-state index contributed by atoms with van der Waals surface area (Å²) in [5.41, 5.74) is 0. The molecule has 0 bridgehead atoms. The third-order valence-electron chi connectivity index (χ3n) is 3.05. The minimum atomic E-state index is -0.0541. The number of hydrogen-bond acceptors (Lipinski definition) is 2. The van der Waals surface area contributed by atoms with Crippen LogP contribution in [-0.4, -0.2) is 71.8 Å². The number of rotatable bonds is 3. The van der Waals surface area contributed by atoms with E-state index in [9.17, 15) is 9.59 Å². The summed E-state index contributed by atoms with van der Waals surface area (Å²) in [7, 11) is 0. The zero-order valence-corrected chi connectivity index (χ0v) is 11.2. The molecule has 0 N–H and O–H groups in total. The topological polar surface area (TPSA) is 43.9 Å². The fourth-order valence-corrected chi connectivity index (χ4v) is 2.09. The Morgan fingerprint density at radius 1 is 1.06 bits per heavy atom. The Bertz CT molecular complexity index is 274. The van der Waals surface area contributed by atoms with Crippen molar-refractivity contribution in [3.63, 3.8) is 0 Å². The summed E-state index contributed by atoms with van der Waals surface area (Å²) in [6.07, 6.45) is 0. The Hall–Kier alpha value is -0.970. The van der Waals surface area contributed by atoms with Crippen molar-refractivity contribution in [2.75, 3.05) is 45.1 Å². The van der Waals surface area contributed by atoms with Crippen LogP contribution in [0.3, 0.4) is 0 Å². The van der Waals surface area contributed by atoms with E-state index < -0.39 is 0 Å². The van der Waals surface area contributed by atoms with Gasteiger partial charge in [0.1, 0.15) is 5.88 Å². The van der Waals surface area contributed by atoms with Gasteiger partial charge in [-0.15, -0.1) is 11.6 Å². The highest BCUT2D eigenvalue weighted by Crippen LogP contribution is 2.06. The highest BCUT2D eigenvalue weighted by molar-refractivity contribution is 6.27. The predicted octanol–water partition coefficient (Wildman–Crippen LogP) is 0.831. The van der Waals surface area contributed by atoms with Crippen LogP contribution < -0.4 is 0 Å². The molecule has 6 heteroatoms. The quantitative estimate of drug-likeness (QED) is 0.707. The van der Waals surface area contributed by atoms with E-state index in [1.54, 1.807) is 14.7 Å². The number of piperazine rings is 1. The highest BCUT2D eigenvalue weighted by atomic mass is 35.5. The molecule has 0 aliphatic carbocycles. The molecular formula is C11H20ClN3O2. The van der Waals surface area contributed by atoms with Crippen LogP contribution in [0.2, 0.25) is 0 Å². The molecule has 5 nitrogen and oxygen atoms in total. The number of carbonyl (C=O) groups is 2. The fraction of sp³-hybridized carbons (Fsp3) is 0.818. The number of hydrogen-bond donors (Lipinski definition) is 0. The Morgan fingerprint density at radius 3 is 1.94 bits per heavy atom. The van der Waals surface area contributed by atoms with Crippen molar-refractivity contribution in [3.8, 4) is 0 Å². The first-order valence-corrected chi connectivity index (χ1v) is 6.55. The molecule has 98 valence electrons. The maximum Gasteiger partial charge on any atom is 0.320 e. The normalized spacial score (nSPS) is 15.9. The van der Waals surface area contributed by atoms with E-state index in [-0.39, 0.29) is 17.8 Å². The summed E-state index contributed by atoms with van der Waals surface area (Å²) < 4.78 is 0. The van der Waals surface area contributed by atoms with Crippen LogP contribution in [0, 0.1) is 0 Å². The van der Waals surface area contributed by atoms with Gasteiger partial charge in [0, 0.05) is 39.3 Å². The van der Waals surface area contributed by atoms with Crippen molar-refractivity contribution < 1.29 is 9.59 Å². The van der Waals surface area contributed by atoms with E-state index in [4.69, 9.17) is 11.6 Å². The number of urea groups is 1. The number of alkyl halides is 1. The molecule has 1 aliphatic rings. The van der Waals surface area contributed by atoms with Crippen LogP contribution in [-0.2, 0) is 4.79 Å². The van der Waals surface area contributed by atoms with Crippen molar-refractivity contribution in [3.05, 3.63) is 0 Å². The van der Waals surface area contributed by atoms with E-state index in [0.29, 0.717) is 26.2 Å². The standard InChI is InChI=1S/C11H20ClN3O2/c1-3-13(4-2)11(17)15-7-5-14(6-8-15)10(16)9-12/h3-9H2,1-2H3. The Balaban J connectivity index is 2.46. The molecular weight excluding hydrogens is 242 g/mol. The third kappa shape index (κ3) is 3.49. The van der Waals surface area contributed by atoms with Crippen LogP contribution in [0.15, 0.2) is 0 Å². The highest BCUT2D eigenvalue weighted by Gasteiger charge is 2.25. The van der Waals surface area contributed by atoms with E-state index in [1.807, 2.05) is 13.8 Å². The largest absolute Gasteiger partial charge is 0.338 e. The Morgan fingerprint density at radius 2 is 1.53 bits per heavy atom. The number of nitrogens with zero attached hydrogens (tertiary/aromatic N) is 3. The van der Waals surface area contributed by atoms with Crippen molar-refractivity contribution >= 4 is 23.5 Å². The van der Waals surface area contributed by atoms with Crippen molar-refractivity contribution in [1.82, 2.24) is 14.7 Å². The number of amides is 3. The second kappa shape index (κ2) is 6.69. The fourth-order valence-electron chi connectivity index (χ4n) is 1.93. The van der Waals surface area contributed by atoms with Gasteiger partial charge in [-0.3, -0.25) is 4.79 Å². The van der Waals surface area contributed by atoms with E-state index in [1.165, 1.54) is 0 Å². The SMILES string of the molecule is CCN(CC)C(=O)N1CCN(C(=O)CCl)CC1. The molecule has 0 spiro atoms. The molecule has 1 rings (SSSR count). The molecule has 0 aromatic rings.